The average molecular weight is 325 g/mol. The van der Waals surface area contributed by atoms with Crippen molar-refractivity contribution in [2.75, 3.05) is 6.61 Å². The number of esters is 2. The van der Waals surface area contributed by atoms with Crippen molar-refractivity contribution in [3.63, 3.8) is 0 Å². The number of carbonyl (C=O) groups is 4. The Morgan fingerprint density at radius 1 is 1.13 bits per heavy atom. The second-order valence-corrected chi connectivity index (χ2v) is 4.37. The summed E-state index contributed by atoms with van der Waals surface area (Å²) in [4.78, 5) is 45.2. The third kappa shape index (κ3) is 5.08. The molecule has 1 amide bonds. The number of hydrogen-bond donors (Lipinski definition) is 3. The lowest BCUT2D eigenvalue weighted by atomic mass is 10.1. The van der Waals surface area contributed by atoms with E-state index < -0.39 is 36.5 Å². The Morgan fingerprint density at radius 3 is 2.22 bits per heavy atom. The summed E-state index contributed by atoms with van der Waals surface area (Å²) in [5.41, 5.74) is -0.223. The van der Waals surface area contributed by atoms with Crippen LogP contribution in [0.1, 0.15) is 24.2 Å². The largest absolute Gasteiger partial charge is 0.480 e. The number of nitrogens with one attached hydrogen (secondary N) is 1. The Labute approximate surface area is 130 Å². The van der Waals surface area contributed by atoms with Crippen molar-refractivity contribution in [2.24, 2.45) is 0 Å². The van der Waals surface area contributed by atoms with Crippen molar-refractivity contribution in [1.29, 1.82) is 0 Å². The first-order valence-corrected chi connectivity index (χ1v) is 6.40. The molecular weight excluding hydrogens is 310 g/mol. The van der Waals surface area contributed by atoms with Gasteiger partial charge in [-0.2, -0.15) is 0 Å². The van der Waals surface area contributed by atoms with Crippen LogP contribution in [0.5, 0.6) is 11.5 Å². The highest BCUT2D eigenvalue weighted by atomic mass is 16.6. The summed E-state index contributed by atoms with van der Waals surface area (Å²) in [5, 5.41) is 19.8. The Kier molecular flexibility index (Phi) is 6.22. The van der Waals surface area contributed by atoms with Gasteiger partial charge in [-0.1, -0.05) is 6.07 Å². The van der Waals surface area contributed by atoms with Crippen molar-refractivity contribution in [1.82, 2.24) is 5.32 Å². The number of carboxylic acids is 1. The van der Waals surface area contributed by atoms with Gasteiger partial charge in [0.15, 0.2) is 17.5 Å². The van der Waals surface area contributed by atoms with Crippen LogP contribution in [0.2, 0.25) is 0 Å². The van der Waals surface area contributed by atoms with Gasteiger partial charge in [0.25, 0.3) is 5.91 Å². The van der Waals surface area contributed by atoms with Gasteiger partial charge >= 0.3 is 17.9 Å². The lowest BCUT2D eigenvalue weighted by molar-refractivity contribution is -0.140. The maximum atomic E-state index is 12.1. The Balaban J connectivity index is 3.22. The molecule has 0 saturated carbocycles. The van der Waals surface area contributed by atoms with Crippen LogP contribution in [0.3, 0.4) is 0 Å². The summed E-state index contributed by atoms with van der Waals surface area (Å²) < 4.78 is 9.74. The zero-order valence-electron chi connectivity index (χ0n) is 12.4. The Bertz CT molecular complexity index is 640. The maximum Gasteiger partial charge on any atom is 0.328 e. The molecule has 0 aliphatic carbocycles. The normalized spacial score (nSPS) is 11.3. The zero-order chi connectivity index (χ0) is 17.6. The number of benzene rings is 1. The van der Waals surface area contributed by atoms with E-state index in [2.05, 4.69) is 5.32 Å². The summed E-state index contributed by atoms with van der Waals surface area (Å²) >= 11 is 0. The van der Waals surface area contributed by atoms with E-state index in [9.17, 15) is 19.2 Å². The molecular formula is C14H15NO8. The molecule has 0 heterocycles. The number of rotatable bonds is 6. The number of aliphatic hydroxyl groups excluding tert-OH is 1. The fraction of sp³-hybridized carbons (Fsp3) is 0.286. The molecule has 0 aromatic heterocycles. The van der Waals surface area contributed by atoms with Crippen LogP contribution >= 0.6 is 0 Å². The molecule has 23 heavy (non-hydrogen) atoms. The molecule has 0 aliphatic heterocycles. The number of carboxylic acid groups (broad SMARTS) is 1. The number of carbonyl (C=O) groups excluding carboxylic acids is 3. The van der Waals surface area contributed by atoms with Crippen LogP contribution in [0.15, 0.2) is 18.2 Å². The zero-order valence-corrected chi connectivity index (χ0v) is 12.4. The third-order valence-corrected chi connectivity index (χ3v) is 2.51. The van der Waals surface area contributed by atoms with Gasteiger partial charge < -0.3 is 25.0 Å². The van der Waals surface area contributed by atoms with Crippen molar-refractivity contribution >= 4 is 23.8 Å². The van der Waals surface area contributed by atoms with E-state index in [1.54, 1.807) is 0 Å². The number of para-hydroxylation sites is 1. The first kappa shape index (κ1) is 18.1. The van der Waals surface area contributed by atoms with E-state index in [1.165, 1.54) is 18.2 Å². The molecule has 1 aromatic carbocycles. The minimum Gasteiger partial charge on any atom is -0.480 e. The molecule has 9 nitrogen and oxygen atoms in total. The van der Waals surface area contributed by atoms with Crippen molar-refractivity contribution < 1.29 is 38.9 Å². The van der Waals surface area contributed by atoms with Crippen LogP contribution in [-0.2, 0) is 14.4 Å². The van der Waals surface area contributed by atoms with Gasteiger partial charge in [-0.25, -0.2) is 4.79 Å². The minimum atomic E-state index is -1.54. The Hall–Kier alpha value is -2.94. The lowest BCUT2D eigenvalue weighted by Gasteiger charge is -2.15. The number of ether oxygens (including phenoxy) is 2. The van der Waals surface area contributed by atoms with Crippen molar-refractivity contribution in [3.05, 3.63) is 23.8 Å². The van der Waals surface area contributed by atoms with E-state index >= 15 is 0 Å². The second-order valence-electron chi connectivity index (χ2n) is 4.37. The topological polar surface area (TPSA) is 139 Å². The molecule has 0 fully saturated rings. The molecule has 0 radical (unpaired) electrons. The van der Waals surface area contributed by atoms with Crippen molar-refractivity contribution in [2.45, 2.75) is 19.9 Å². The summed E-state index contributed by atoms with van der Waals surface area (Å²) in [5.74, 6) is -4.32. The fourth-order valence-corrected chi connectivity index (χ4v) is 1.60. The van der Waals surface area contributed by atoms with Crippen LogP contribution < -0.4 is 14.8 Å². The molecule has 0 aliphatic rings. The van der Waals surface area contributed by atoms with E-state index in [4.69, 9.17) is 19.7 Å². The summed E-state index contributed by atoms with van der Waals surface area (Å²) in [6.45, 7) is 1.38. The molecule has 0 unspecified atom stereocenters. The number of aliphatic carboxylic acids is 1. The van der Waals surface area contributed by atoms with Gasteiger partial charge in [0.2, 0.25) is 0 Å². The van der Waals surface area contributed by atoms with Crippen LogP contribution in [0.25, 0.3) is 0 Å². The van der Waals surface area contributed by atoms with Gasteiger partial charge in [0, 0.05) is 13.8 Å². The Morgan fingerprint density at radius 2 is 1.74 bits per heavy atom. The molecule has 124 valence electrons. The standard InChI is InChI=1S/C14H15NO8/c1-7(17)22-11-5-3-4-9(12(11)23-8(2)18)13(19)15-10(6-16)14(20)21/h3-5,10,16H,6H2,1-2H3,(H,15,19)(H,20,21)/t10-/m0/s1. The van der Waals surface area contributed by atoms with Crippen LogP contribution in [0, 0.1) is 0 Å². The molecule has 0 bridgehead atoms. The number of amides is 1. The van der Waals surface area contributed by atoms with Gasteiger partial charge in [0.1, 0.15) is 0 Å². The van der Waals surface area contributed by atoms with Gasteiger partial charge in [-0.05, 0) is 12.1 Å². The average Bonchev–Trinajstić information content (AvgIpc) is 2.44. The lowest BCUT2D eigenvalue weighted by Crippen LogP contribution is -2.43. The quantitative estimate of drug-likeness (QED) is 0.479. The third-order valence-electron chi connectivity index (χ3n) is 2.51. The number of aliphatic hydroxyl groups is 1. The predicted octanol–water partition coefficient (Wildman–Crippen LogP) is -0.288. The molecule has 3 N–H and O–H groups in total. The highest BCUT2D eigenvalue weighted by Crippen LogP contribution is 2.31. The summed E-state index contributed by atoms with van der Waals surface area (Å²) in [6.07, 6.45) is 0. The smallest absolute Gasteiger partial charge is 0.328 e. The first-order chi connectivity index (χ1) is 10.8. The monoisotopic (exact) mass is 325 g/mol. The molecule has 0 spiro atoms. The van der Waals surface area contributed by atoms with E-state index in [-0.39, 0.29) is 17.1 Å². The van der Waals surface area contributed by atoms with Gasteiger partial charge in [-0.15, -0.1) is 0 Å². The minimum absolute atomic E-state index is 0.170. The second kappa shape index (κ2) is 7.90. The molecule has 1 rings (SSSR count). The van der Waals surface area contributed by atoms with Gasteiger partial charge in [-0.3, -0.25) is 14.4 Å². The van der Waals surface area contributed by atoms with Gasteiger partial charge in [0.05, 0.1) is 12.2 Å². The summed E-state index contributed by atoms with van der Waals surface area (Å²) in [6, 6.07) is 2.37. The van der Waals surface area contributed by atoms with Crippen molar-refractivity contribution in [3.8, 4) is 11.5 Å². The van der Waals surface area contributed by atoms with E-state index in [0.29, 0.717) is 0 Å². The van der Waals surface area contributed by atoms with Crippen LogP contribution in [-0.4, -0.2) is 46.7 Å². The summed E-state index contributed by atoms with van der Waals surface area (Å²) in [7, 11) is 0. The highest BCUT2D eigenvalue weighted by molar-refractivity contribution is 6.00. The molecule has 9 heteroatoms. The molecule has 0 saturated heterocycles. The van der Waals surface area contributed by atoms with E-state index in [1.807, 2.05) is 0 Å². The van der Waals surface area contributed by atoms with Crippen LogP contribution in [0.4, 0.5) is 0 Å². The molecule has 1 aromatic rings. The maximum absolute atomic E-state index is 12.1. The number of hydrogen-bond acceptors (Lipinski definition) is 7. The highest BCUT2D eigenvalue weighted by Gasteiger charge is 2.24. The molecule has 1 atom stereocenters. The SMILES string of the molecule is CC(=O)Oc1cccc(C(=O)N[C@@H](CO)C(=O)O)c1OC(C)=O. The van der Waals surface area contributed by atoms with E-state index in [0.717, 1.165) is 13.8 Å². The first-order valence-electron chi connectivity index (χ1n) is 6.40. The predicted molar refractivity (Wildman–Crippen MR) is 75.0 cm³/mol. The fourth-order valence-electron chi connectivity index (χ4n) is 1.60.